The van der Waals surface area contributed by atoms with Crippen molar-refractivity contribution in [3.05, 3.63) is 33.8 Å². The molecule has 1 amide bonds. The number of halogens is 2. The maximum atomic E-state index is 12.6. The molecule has 21 heavy (non-hydrogen) atoms. The lowest BCUT2D eigenvalue weighted by Crippen LogP contribution is -2.42. The zero-order valence-corrected chi connectivity index (χ0v) is 13.8. The van der Waals surface area contributed by atoms with Gasteiger partial charge in [0.05, 0.1) is 16.0 Å². The lowest BCUT2D eigenvalue weighted by molar-refractivity contribution is -0.135. The van der Waals surface area contributed by atoms with Gasteiger partial charge in [-0.25, -0.2) is 0 Å². The Bertz CT molecular complexity index is 507. The summed E-state index contributed by atoms with van der Waals surface area (Å²) in [6, 6.07) is 5.46. The van der Waals surface area contributed by atoms with Crippen molar-refractivity contribution in [2.24, 2.45) is 11.7 Å². The second kappa shape index (κ2) is 7.48. The fourth-order valence-electron chi connectivity index (χ4n) is 2.93. The molecule has 0 heterocycles. The minimum absolute atomic E-state index is 0.0303. The molecule has 0 aromatic heterocycles. The summed E-state index contributed by atoms with van der Waals surface area (Å²) in [6.07, 6.45) is 5.18. The molecule has 0 aliphatic heterocycles. The van der Waals surface area contributed by atoms with E-state index in [2.05, 4.69) is 0 Å². The molecular formula is C16H22Cl2N2O. The highest BCUT2D eigenvalue weighted by Crippen LogP contribution is 2.28. The number of hydrogen-bond acceptors (Lipinski definition) is 2. The van der Waals surface area contributed by atoms with Gasteiger partial charge in [-0.05, 0) is 24.5 Å². The largest absolute Gasteiger partial charge is 0.341 e. The number of amides is 1. The molecule has 2 atom stereocenters. The summed E-state index contributed by atoms with van der Waals surface area (Å²) in [5.74, 6) is 0.0379. The van der Waals surface area contributed by atoms with Gasteiger partial charge in [0.2, 0.25) is 5.91 Å². The van der Waals surface area contributed by atoms with Crippen LogP contribution in [-0.2, 0) is 11.3 Å². The smallest absolute Gasteiger partial charge is 0.227 e. The number of rotatable bonds is 3. The van der Waals surface area contributed by atoms with Gasteiger partial charge >= 0.3 is 0 Å². The van der Waals surface area contributed by atoms with Crippen molar-refractivity contribution < 1.29 is 4.79 Å². The minimum Gasteiger partial charge on any atom is -0.341 e. The molecule has 3 nitrogen and oxygen atoms in total. The van der Waals surface area contributed by atoms with Gasteiger partial charge in [0, 0.05) is 19.6 Å². The fraction of sp³-hybridized carbons (Fsp3) is 0.562. The van der Waals surface area contributed by atoms with Crippen LogP contribution in [0.1, 0.15) is 37.7 Å². The first-order chi connectivity index (χ1) is 10.0. The highest BCUT2D eigenvalue weighted by molar-refractivity contribution is 6.42. The SMILES string of the molecule is CN(Cc1cccc(Cl)c1Cl)C(=O)C1CCCCCC1N. The Kier molecular flexibility index (Phi) is 5.91. The first-order valence-electron chi connectivity index (χ1n) is 7.44. The van der Waals surface area contributed by atoms with Gasteiger partial charge in [-0.1, -0.05) is 54.6 Å². The summed E-state index contributed by atoms with van der Waals surface area (Å²) in [5.41, 5.74) is 7.03. The van der Waals surface area contributed by atoms with Gasteiger partial charge in [0.15, 0.2) is 0 Å². The van der Waals surface area contributed by atoms with Gasteiger partial charge in [-0.15, -0.1) is 0 Å². The summed E-state index contributed by atoms with van der Waals surface area (Å²) >= 11 is 12.2. The molecule has 0 radical (unpaired) electrons. The Labute approximate surface area is 136 Å². The number of benzene rings is 1. The molecule has 1 fully saturated rings. The molecule has 0 spiro atoms. The summed E-state index contributed by atoms with van der Waals surface area (Å²) < 4.78 is 0. The van der Waals surface area contributed by atoms with Crippen LogP contribution >= 0.6 is 23.2 Å². The minimum atomic E-state index is -0.0736. The molecule has 116 valence electrons. The van der Waals surface area contributed by atoms with E-state index in [1.54, 1.807) is 18.0 Å². The van der Waals surface area contributed by atoms with Crippen molar-refractivity contribution in [3.8, 4) is 0 Å². The van der Waals surface area contributed by atoms with E-state index < -0.39 is 0 Å². The van der Waals surface area contributed by atoms with Crippen LogP contribution in [0.15, 0.2) is 18.2 Å². The molecule has 1 aromatic rings. The molecule has 1 aliphatic rings. The second-order valence-electron chi connectivity index (χ2n) is 5.82. The van der Waals surface area contributed by atoms with Crippen LogP contribution in [0.25, 0.3) is 0 Å². The summed E-state index contributed by atoms with van der Waals surface area (Å²) in [6.45, 7) is 0.460. The molecule has 0 bridgehead atoms. The summed E-state index contributed by atoms with van der Waals surface area (Å²) in [7, 11) is 1.80. The van der Waals surface area contributed by atoms with Crippen LogP contribution in [0, 0.1) is 5.92 Å². The Morgan fingerprint density at radius 2 is 2.00 bits per heavy atom. The molecular weight excluding hydrogens is 307 g/mol. The molecule has 1 saturated carbocycles. The van der Waals surface area contributed by atoms with E-state index in [1.807, 2.05) is 12.1 Å². The van der Waals surface area contributed by atoms with Crippen LogP contribution < -0.4 is 5.73 Å². The maximum Gasteiger partial charge on any atom is 0.227 e. The number of carbonyl (C=O) groups is 1. The standard InChI is InChI=1S/C16H22Cl2N2O/c1-20(10-11-6-5-8-13(17)15(11)18)16(21)12-7-3-2-4-9-14(12)19/h5-6,8,12,14H,2-4,7,9-10,19H2,1H3. The average molecular weight is 329 g/mol. The average Bonchev–Trinajstić information content (AvgIpc) is 2.67. The van der Waals surface area contributed by atoms with E-state index in [4.69, 9.17) is 28.9 Å². The first-order valence-corrected chi connectivity index (χ1v) is 8.19. The van der Waals surface area contributed by atoms with Crippen molar-refractivity contribution in [1.82, 2.24) is 4.90 Å². The molecule has 0 saturated heterocycles. The van der Waals surface area contributed by atoms with E-state index in [-0.39, 0.29) is 17.9 Å². The van der Waals surface area contributed by atoms with E-state index in [0.29, 0.717) is 16.6 Å². The summed E-state index contributed by atoms with van der Waals surface area (Å²) in [4.78, 5) is 14.3. The van der Waals surface area contributed by atoms with E-state index >= 15 is 0 Å². The number of carbonyl (C=O) groups excluding carboxylic acids is 1. The van der Waals surface area contributed by atoms with E-state index in [0.717, 1.165) is 31.2 Å². The van der Waals surface area contributed by atoms with Crippen LogP contribution in [0.2, 0.25) is 10.0 Å². The lowest BCUT2D eigenvalue weighted by Gasteiger charge is -2.27. The van der Waals surface area contributed by atoms with Gasteiger partial charge in [-0.3, -0.25) is 4.79 Å². The highest BCUT2D eigenvalue weighted by atomic mass is 35.5. The van der Waals surface area contributed by atoms with E-state index in [9.17, 15) is 4.79 Å². The third-order valence-electron chi connectivity index (χ3n) is 4.20. The topological polar surface area (TPSA) is 46.3 Å². The molecule has 1 aliphatic carbocycles. The zero-order chi connectivity index (χ0) is 15.4. The van der Waals surface area contributed by atoms with Crippen molar-refractivity contribution in [3.63, 3.8) is 0 Å². The second-order valence-corrected chi connectivity index (χ2v) is 6.60. The molecule has 2 N–H and O–H groups in total. The quantitative estimate of drug-likeness (QED) is 0.856. The van der Waals surface area contributed by atoms with Gasteiger partial charge in [0.1, 0.15) is 0 Å². The maximum absolute atomic E-state index is 12.6. The molecule has 1 aromatic carbocycles. The third-order valence-corrected chi connectivity index (χ3v) is 5.06. The monoisotopic (exact) mass is 328 g/mol. The zero-order valence-electron chi connectivity index (χ0n) is 12.3. The fourth-order valence-corrected chi connectivity index (χ4v) is 3.31. The molecule has 2 rings (SSSR count). The van der Waals surface area contributed by atoms with Crippen LogP contribution in [0.5, 0.6) is 0 Å². The van der Waals surface area contributed by atoms with Crippen molar-refractivity contribution >= 4 is 29.1 Å². The van der Waals surface area contributed by atoms with Gasteiger partial charge < -0.3 is 10.6 Å². The number of nitrogens with zero attached hydrogens (tertiary/aromatic N) is 1. The van der Waals surface area contributed by atoms with Gasteiger partial charge in [-0.2, -0.15) is 0 Å². The molecule has 2 unspecified atom stereocenters. The number of nitrogens with two attached hydrogens (primary N) is 1. The highest BCUT2D eigenvalue weighted by Gasteiger charge is 2.29. The first kappa shape index (κ1) is 16.6. The van der Waals surface area contributed by atoms with Crippen molar-refractivity contribution in [2.45, 2.75) is 44.7 Å². The Hall–Kier alpha value is -0.770. The summed E-state index contributed by atoms with van der Waals surface area (Å²) in [5, 5.41) is 1.03. The lowest BCUT2D eigenvalue weighted by atomic mass is 9.94. The Morgan fingerprint density at radius 1 is 1.29 bits per heavy atom. The van der Waals surface area contributed by atoms with Gasteiger partial charge in [0.25, 0.3) is 0 Å². The van der Waals surface area contributed by atoms with Crippen molar-refractivity contribution in [1.29, 1.82) is 0 Å². The van der Waals surface area contributed by atoms with Crippen LogP contribution in [0.3, 0.4) is 0 Å². The van der Waals surface area contributed by atoms with Crippen molar-refractivity contribution in [2.75, 3.05) is 7.05 Å². The normalized spacial score (nSPS) is 22.7. The predicted molar refractivity (Wildman–Crippen MR) is 87.5 cm³/mol. The predicted octanol–water partition coefficient (Wildman–Crippen LogP) is 3.86. The van der Waals surface area contributed by atoms with Crippen LogP contribution in [-0.4, -0.2) is 23.9 Å². The third kappa shape index (κ3) is 4.12. The van der Waals surface area contributed by atoms with Crippen LogP contribution in [0.4, 0.5) is 0 Å². The molecule has 5 heteroatoms. The number of hydrogen-bond donors (Lipinski definition) is 1. The Morgan fingerprint density at radius 3 is 2.76 bits per heavy atom. The Balaban J connectivity index is 2.06. The van der Waals surface area contributed by atoms with E-state index in [1.165, 1.54) is 6.42 Å².